The Morgan fingerprint density at radius 1 is 0.952 bits per heavy atom. The van der Waals surface area contributed by atoms with Crippen LogP contribution in [0.3, 0.4) is 0 Å². The molecule has 0 aliphatic heterocycles. The fourth-order valence-electron chi connectivity index (χ4n) is 7.60. The van der Waals surface area contributed by atoms with Gasteiger partial charge in [0.1, 0.15) is 0 Å². The molecule has 0 N–H and O–H groups in total. The zero-order valence-electron chi connectivity index (χ0n) is 14.4. The van der Waals surface area contributed by atoms with Crippen molar-refractivity contribution in [1.82, 2.24) is 0 Å². The third-order valence-electron chi connectivity index (χ3n) is 8.81. The van der Waals surface area contributed by atoms with Crippen LogP contribution >= 0.6 is 0 Å². The second-order valence-electron chi connectivity index (χ2n) is 9.22. The number of fused-ring (bicyclic) bond motifs is 5. The number of hydrogen-bond acceptors (Lipinski definition) is 0. The lowest BCUT2D eigenvalue weighted by molar-refractivity contribution is -0.0791. The van der Waals surface area contributed by atoms with Gasteiger partial charge in [-0.15, -0.1) is 0 Å². The molecular weight excluding hydrogens is 252 g/mol. The summed E-state index contributed by atoms with van der Waals surface area (Å²) in [5, 5.41) is 0. The Balaban J connectivity index is 1.66. The molecule has 118 valence electrons. The summed E-state index contributed by atoms with van der Waals surface area (Å²) < 4.78 is 0. The van der Waals surface area contributed by atoms with E-state index in [-0.39, 0.29) is 0 Å². The summed E-state index contributed by atoms with van der Waals surface area (Å²) in [6.07, 6.45) is 18.6. The first-order valence-electron chi connectivity index (χ1n) is 9.77. The van der Waals surface area contributed by atoms with Gasteiger partial charge >= 0.3 is 0 Å². The molecule has 0 nitrogen and oxygen atoms in total. The largest absolute Gasteiger partial charge is 0.0880 e. The van der Waals surface area contributed by atoms with Crippen LogP contribution in [0.4, 0.5) is 0 Å². The third kappa shape index (κ3) is 1.86. The van der Waals surface area contributed by atoms with Crippen LogP contribution in [-0.4, -0.2) is 0 Å². The van der Waals surface area contributed by atoms with Gasteiger partial charge in [0.2, 0.25) is 0 Å². The van der Waals surface area contributed by atoms with E-state index in [4.69, 9.17) is 0 Å². The van der Waals surface area contributed by atoms with Crippen LogP contribution in [0.5, 0.6) is 0 Å². The van der Waals surface area contributed by atoms with Gasteiger partial charge in [-0.1, -0.05) is 39.3 Å². The molecule has 4 aliphatic rings. The first-order valence-corrected chi connectivity index (χ1v) is 9.77. The van der Waals surface area contributed by atoms with E-state index in [0.717, 1.165) is 29.6 Å². The SMILES string of the molecule is CCC1CCC2C3CCC4CCC=CC4(C)C3CCC12C. The van der Waals surface area contributed by atoms with Crippen molar-refractivity contribution < 1.29 is 0 Å². The zero-order chi connectivity index (χ0) is 14.7. The molecule has 3 fully saturated rings. The maximum atomic E-state index is 2.67. The number of hydrogen-bond donors (Lipinski definition) is 0. The fraction of sp³-hybridized carbons (Fsp3) is 0.905. The van der Waals surface area contributed by atoms with Gasteiger partial charge < -0.3 is 0 Å². The van der Waals surface area contributed by atoms with Crippen LogP contribution < -0.4 is 0 Å². The van der Waals surface area contributed by atoms with Crippen LogP contribution in [0.2, 0.25) is 0 Å². The van der Waals surface area contributed by atoms with Crippen LogP contribution in [0.25, 0.3) is 0 Å². The minimum absolute atomic E-state index is 0.548. The molecule has 4 aliphatic carbocycles. The summed E-state index contributed by atoms with van der Waals surface area (Å²) in [5.74, 6) is 5.12. The predicted octanol–water partition coefficient (Wildman–Crippen LogP) is 6.22. The van der Waals surface area contributed by atoms with Crippen molar-refractivity contribution in [3.8, 4) is 0 Å². The van der Waals surface area contributed by atoms with Crippen molar-refractivity contribution in [3.63, 3.8) is 0 Å². The Morgan fingerprint density at radius 2 is 1.81 bits per heavy atom. The Kier molecular flexibility index (Phi) is 3.32. The van der Waals surface area contributed by atoms with Gasteiger partial charge in [0.25, 0.3) is 0 Å². The Bertz CT molecular complexity index is 435. The Morgan fingerprint density at radius 3 is 2.62 bits per heavy atom. The molecule has 0 saturated heterocycles. The zero-order valence-corrected chi connectivity index (χ0v) is 14.4. The highest BCUT2D eigenvalue weighted by Crippen LogP contribution is 2.66. The van der Waals surface area contributed by atoms with E-state index in [1.807, 2.05) is 0 Å². The second kappa shape index (κ2) is 4.87. The van der Waals surface area contributed by atoms with E-state index >= 15 is 0 Å². The van der Waals surface area contributed by atoms with E-state index in [1.54, 1.807) is 12.8 Å². The molecule has 0 bridgehead atoms. The summed E-state index contributed by atoms with van der Waals surface area (Å²) >= 11 is 0. The van der Waals surface area contributed by atoms with E-state index < -0.39 is 0 Å². The van der Waals surface area contributed by atoms with Crippen LogP contribution in [-0.2, 0) is 0 Å². The van der Waals surface area contributed by atoms with Crippen molar-refractivity contribution in [2.75, 3.05) is 0 Å². The van der Waals surface area contributed by atoms with Crippen molar-refractivity contribution in [1.29, 1.82) is 0 Å². The maximum Gasteiger partial charge on any atom is -0.00872 e. The smallest absolute Gasteiger partial charge is 0.00872 e. The van der Waals surface area contributed by atoms with Gasteiger partial charge in [0, 0.05) is 0 Å². The minimum atomic E-state index is 0.548. The number of allylic oxidation sites excluding steroid dienone is 2. The molecule has 0 aromatic rings. The molecule has 0 aromatic carbocycles. The van der Waals surface area contributed by atoms with Crippen molar-refractivity contribution in [2.45, 2.75) is 78.6 Å². The molecule has 0 heteroatoms. The van der Waals surface area contributed by atoms with Crippen LogP contribution in [0.1, 0.15) is 78.6 Å². The van der Waals surface area contributed by atoms with Gasteiger partial charge in [-0.2, -0.15) is 0 Å². The molecule has 7 atom stereocenters. The summed E-state index contributed by atoms with van der Waals surface area (Å²) in [6, 6.07) is 0. The first-order chi connectivity index (χ1) is 10.1. The summed E-state index contributed by atoms with van der Waals surface area (Å²) in [6.45, 7) is 7.73. The number of rotatable bonds is 1. The highest BCUT2D eigenvalue weighted by atomic mass is 14.6. The monoisotopic (exact) mass is 286 g/mol. The first kappa shape index (κ1) is 14.3. The Hall–Kier alpha value is -0.260. The lowest BCUT2D eigenvalue weighted by Crippen LogP contribution is -2.51. The average Bonchev–Trinajstić information content (AvgIpc) is 2.83. The topological polar surface area (TPSA) is 0 Å². The van der Waals surface area contributed by atoms with Crippen LogP contribution in [0.15, 0.2) is 12.2 Å². The summed E-state index contributed by atoms with van der Waals surface area (Å²) in [7, 11) is 0. The molecule has 0 spiro atoms. The van der Waals surface area contributed by atoms with E-state index in [1.165, 1.54) is 44.9 Å². The molecule has 0 amide bonds. The molecule has 21 heavy (non-hydrogen) atoms. The molecule has 0 aromatic heterocycles. The molecule has 0 heterocycles. The van der Waals surface area contributed by atoms with Gasteiger partial charge in [0.05, 0.1) is 0 Å². The molecule has 3 saturated carbocycles. The molecule has 0 radical (unpaired) electrons. The minimum Gasteiger partial charge on any atom is -0.0880 e. The highest BCUT2D eigenvalue weighted by Gasteiger charge is 2.58. The molecular formula is C21H34. The summed E-state index contributed by atoms with van der Waals surface area (Å²) in [5.41, 5.74) is 1.24. The lowest BCUT2D eigenvalue weighted by atomic mass is 9.46. The second-order valence-corrected chi connectivity index (χ2v) is 9.22. The van der Waals surface area contributed by atoms with Crippen molar-refractivity contribution >= 4 is 0 Å². The van der Waals surface area contributed by atoms with Gasteiger partial charge in [-0.25, -0.2) is 0 Å². The molecule has 7 unspecified atom stereocenters. The molecule has 4 rings (SSSR count). The normalized spacial score (nSPS) is 55.7. The van der Waals surface area contributed by atoms with Gasteiger partial charge in [0.15, 0.2) is 0 Å². The average molecular weight is 287 g/mol. The van der Waals surface area contributed by atoms with Crippen LogP contribution in [0, 0.1) is 40.4 Å². The standard InChI is InChI=1S/C21H34/c1-4-15-9-11-18-17-10-8-16-7-5-6-13-20(16,2)19(17)12-14-21(15,18)3/h6,13,15-19H,4-5,7-12,14H2,1-3H3. The van der Waals surface area contributed by atoms with Gasteiger partial charge in [-0.3, -0.25) is 0 Å². The summed E-state index contributed by atoms with van der Waals surface area (Å²) in [4.78, 5) is 0. The van der Waals surface area contributed by atoms with Crippen molar-refractivity contribution in [2.24, 2.45) is 40.4 Å². The van der Waals surface area contributed by atoms with Gasteiger partial charge in [-0.05, 0) is 91.8 Å². The van der Waals surface area contributed by atoms with Crippen molar-refractivity contribution in [3.05, 3.63) is 12.2 Å². The third-order valence-corrected chi connectivity index (χ3v) is 8.81. The maximum absolute atomic E-state index is 2.67. The Labute approximate surface area is 131 Å². The quantitative estimate of drug-likeness (QED) is 0.502. The van der Waals surface area contributed by atoms with E-state index in [0.29, 0.717) is 10.8 Å². The fourth-order valence-corrected chi connectivity index (χ4v) is 7.60. The van der Waals surface area contributed by atoms with E-state index in [9.17, 15) is 0 Å². The van der Waals surface area contributed by atoms with E-state index in [2.05, 4.69) is 32.9 Å². The predicted molar refractivity (Wildman–Crippen MR) is 90.0 cm³/mol. The highest BCUT2D eigenvalue weighted by molar-refractivity contribution is 5.15. The lowest BCUT2D eigenvalue weighted by Gasteiger charge is -2.59.